The van der Waals surface area contributed by atoms with Crippen LogP contribution in [0.15, 0.2) is 48.5 Å². The molecule has 0 saturated carbocycles. The van der Waals surface area contributed by atoms with Gasteiger partial charge in [0.05, 0.1) is 5.56 Å². The Morgan fingerprint density at radius 3 is 2.35 bits per heavy atom. The first kappa shape index (κ1) is 16.5. The standard InChI is InChI=1S/C16H11F3O4/c17-12-6-4-10(5-7-12)14(20)9-22-15(21)11-2-1-3-13(8-11)23-16(18)19/h1-8,16H,9H2. The van der Waals surface area contributed by atoms with Crippen LogP contribution in [-0.4, -0.2) is 25.0 Å². The lowest BCUT2D eigenvalue weighted by atomic mass is 10.1. The van der Waals surface area contributed by atoms with Gasteiger partial charge in [-0.3, -0.25) is 4.79 Å². The summed E-state index contributed by atoms with van der Waals surface area (Å²) in [4.78, 5) is 23.6. The molecule has 2 aromatic carbocycles. The van der Waals surface area contributed by atoms with Gasteiger partial charge in [-0.2, -0.15) is 8.78 Å². The second-order valence-corrected chi connectivity index (χ2v) is 4.41. The van der Waals surface area contributed by atoms with Crippen molar-refractivity contribution in [2.45, 2.75) is 6.61 Å². The predicted octanol–water partition coefficient (Wildman–Crippen LogP) is 3.47. The summed E-state index contributed by atoms with van der Waals surface area (Å²) in [7, 11) is 0. The summed E-state index contributed by atoms with van der Waals surface area (Å²) in [6.45, 7) is -3.56. The first-order valence-electron chi connectivity index (χ1n) is 6.46. The van der Waals surface area contributed by atoms with Gasteiger partial charge in [0.2, 0.25) is 0 Å². The van der Waals surface area contributed by atoms with Crippen molar-refractivity contribution >= 4 is 11.8 Å². The van der Waals surface area contributed by atoms with Crippen LogP contribution in [0.25, 0.3) is 0 Å². The number of rotatable bonds is 6. The number of hydrogen-bond acceptors (Lipinski definition) is 4. The van der Waals surface area contributed by atoms with E-state index in [1.165, 1.54) is 30.3 Å². The lowest BCUT2D eigenvalue weighted by Gasteiger charge is -2.07. The van der Waals surface area contributed by atoms with Gasteiger partial charge in [0.25, 0.3) is 0 Å². The van der Waals surface area contributed by atoms with Crippen LogP contribution in [0, 0.1) is 5.82 Å². The van der Waals surface area contributed by atoms with Crippen LogP contribution in [0.5, 0.6) is 5.75 Å². The van der Waals surface area contributed by atoms with E-state index >= 15 is 0 Å². The zero-order valence-corrected chi connectivity index (χ0v) is 11.7. The number of alkyl halides is 2. The quantitative estimate of drug-likeness (QED) is 0.603. The Bertz CT molecular complexity index is 699. The lowest BCUT2D eigenvalue weighted by molar-refractivity contribution is -0.0499. The van der Waals surface area contributed by atoms with Gasteiger partial charge < -0.3 is 9.47 Å². The molecule has 0 bridgehead atoms. The number of hydrogen-bond donors (Lipinski definition) is 0. The number of halogens is 3. The molecule has 0 aliphatic rings. The minimum atomic E-state index is -3.01. The molecule has 7 heteroatoms. The molecule has 0 unspecified atom stereocenters. The van der Waals surface area contributed by atoms with Gasteiger partial charge in [-0.1, -0.05) is 6.07 Å². The molecule has 0 aromatic heterocycles. The monoisotopic (exact) mass is 324 g/mol. The third-order valence-electron chi connectivity index (χ3n) is 2.80. The van der Waals surface area contributed by atoms with Gasteiger partial charge in [0.15, 0.2) is 12.4 Å². The topological polar surface area (TPSA) is 52.6 Å². The van der Waals surface area contributed by atoms with Crippen molar-refractivity contribution in [3.8, 4) is 5.75 Å². The normalized spacial score (nSPS) is 10.4. The molecule has 0 radical (unpaired) electrons. The van der Waals surface area contributed by atoms with Crippen molar-refractivity contribution in [1.29, 1.82) is 0 Å². The second kappa shape index (κ2) is 7.44. The summed E-state index contributed by atoms with van der Waals surface area (Å²) in [5.74, 6) is -2.06. The van der Waals surface area contributed by atoms with Crippen LogP contribution in [0.2, 0.25) is 0 Å². The Morgan fingerprint density at radius 1 is 1.00 bits per heavy atom. The van der Waals surface area contributed by atoms with Gasteiger partial charge >= 0.3 is 12.6 Å². The van der Waals surface area contributed by atoms with Crippen molar-refractivity contribution in [2.75, 3.05) is 6.61 Å². The summed E-state index contributed by atoms with van der Waals surface area (Å²) in [5, 5.41) is 0. The van der Waals surface area contributed by atoms with Crippen LogP contribution in [0.4, 0.5) is 13.2 Å². The minimum absolute atomic E-state index is 0.0324. The van der Waals surface area contributed by atoms with E-state index in [9.17, 15) is 22.8 Å². The van der Waals surface area contributed by atoms with Crippen molar-refractivity contribution < 1.29 is 32.2 Å². The predicted molar refractivity (Wildman–Crippen MR) is 74.1 cm³/mol. The maximum absolute atomic E-state index is 12.8. The average Bonchev–Trinajstić information content (AvgIpc) is 2.52. The van der Waals surface area contributed by atoms with E-state index in [2.05, 4.69) is 4.74 Å². The lowest BCUT2D eigenvalue weighted by Crippen LogP contribution is -2.14. The molecule has 0 heterocycles. The zero-order valence-electron chi connectivity index (χ0n) is 11.7. The van der Waals surface area contributed by atoms with Crippen molar-refractivity contribution in [2.24, 2.45) is 0 Å². The molecular formula is C16H11F3O4. The molecule has 0 aliphatic heterocycles. The smallest absolute Gasteiger partial charge is 0.387 e. The number of Topliss-reactive ketones (excluding diaryl/α,β-unsaturated/α-hetero) is 1. The molecular weight excluding hydrogens is 313 g/mol. The van der Waals surface area contributed by atoms with Gasteiger partial charge in [-0.05, 0) is 42.5 Å². The highest BCUT2D eigenvalue weighted by atomic mass is 19.3. The highest BCUT2D eigenvalue weighted by molar-refractivity contribution is 5.99. The molecule has 2 aromatic rings. The van der Waals surface area contributed by atoms with Gasteiger partial charge in [0.1, 0.15) is 11.6 Å². The number of benzene rings is 2. The molecule has 0 spiro atoms. The molecule has 0 aliphatic carbocycles. The van der Waals surface area contributed by atoms with E-state index in [-0.39, 0.29) is 16.9 Å². The first-order chi connectivity index (χ1) is 11.0. The Kier molecular flexibility index (Phi) is 5.35. The van der Waals surface area contributed by atoms with E-state index in [0.29, 0.717) is 0 Å². The summed E-state index contributed by atoms with van der Waals surface area (Å²) >= 11 is 0. The summed E-state index contributed by atoms with van der Waals surface area (Å²) in [5.41, 5.74) is 0.157. The molecule has 4 nitrogen and oxygen atoms in total. The van der Waals surface area contributed by atoms with Crippen LogP contribution >= 0.6 is 0 Å². The average molecular weight is 324 g/mol. The Hall–Kier alpha value is -2.83. The first-order valence-corrected chi connectivity index (χ1v) is 6.46. The number of ether oxygens (including phenoxy) is 2. The Labute approximate surface area is 129 Å². The fraction of sp³-hybridized carbons (Fsp3) is 0.125. The van der Waals surface area contributed by atoms with E-state index in [1.54, 1.807) is 0 Å². The summed E-state index contributed by atoms with van der Waals surface area (Å²) in [6, 6.07) is 9.77. The molecule has 2 rings (SSSR count). The van der Waals surface area contributed by atoms with Crippen LogP contribution in [-0.2, 0) is 4.74 Å². The largest absolute Gasteiger partial charge is 0.454 e. The minimum Gasteiger partial charge on any atom is -0.454 e. The van der Waals surface area contributed by atoms with E-state index < -0.39 is 30.8 Å². The SMILES string of the molecule is O=C(COC(=O)c1cccc(OC(F)F)c1)c1ccc(F)cc1. The van der Waals surface area contributed by atoms with Crippen LogP contribution in [0.3, 0.4) is 0 Å². The highest BCUT2D eigenvalue weighted by Crippen LogP contribution is 2.16. The number of carbonyl (C=O) groups is 2. The van der Waals surface area contributed by atoms with Gasteiger partial charge in [0, 0.05) is 5.56 Å². The fourth-order valence-electron chi connectivity index (χ4n) is 1.73. The zero-order chi connectivity index (χ0) is 16.8. The summed E-state index contributed by atoms with van der Waals surface area (Å²) in [6.07, 6.45) is 0. The second-order valence-electron chi connectivity index (χ2n) is 4.41. The number of esters is 1. The molecule has 0 amide bonds. The number of ketones is 1. The van der Waals surface area contributed by atoms with Crippen LogP contribution in [0.1, 0.15) is 20.7 Å². The molecule has 0 atom stereocenters. The third kappa shape index (κ3) is 4.84. The molecule has 23 heavy (non-hydrogen) atoms. The van der Waals surface area contributed by atoms with Gasteiger partial charge in [-0.15, -0.1) is 0 Å². The van der Waals surface area contributed by atoms with E-state index in [1.807, 2.05) is 0 Å². The summed E-state index contributed by atoms with van der Waals surface area (Å²) < 4.78 is 46.0. The number of carbonyl (C=O) groups excluding carboxylic acids is 2. The maximum Gasteiger partial charge on any atom is 0.387 e. The maximum atomic E-state index is 12.8. The fourth-order valence-corrected chi connectivity index (χ4v) is 1.73. The van der Waals surface area contributed by atoms with Crippen molar-refractivity contribution in [1.82, 2.24) is 0 Å². The van der Waals surface area contributed by atoms with Gasteiger partial charge in [-0.25, -0.2) is 9.18 Å². The van der Waals surface area contributed by atoms with Crippen molar-refractivity contribution in [3.05, 3.63) is 65.5 Å². The highest BCUT2D eigenvalue weighted by Gasteiger charge is 2.13. The molecule has 120 valence electrons. The van der Waals surface area contributed by atoms with E-state index in [4.69, 9.17) is 4.74 Å². The molecule has 0 saturated heterocycles. The third-order valence-corrected chi connectivity index (χ3v) is 2.80. The Balaban J connectivity index is 1.96. The Morgan fingerprint density at radius 2 is 1.70 bits per heavy atom. The molecule has 0 N–H and O–H groups in total. The molecule has 0 fully saturated rings. The van der Waals surface area contributed by atoms with Crippen molar-refractivity contribution in [3.63, 3.8) is 0 Å². The van der Waals surface area contributed by atoms with E-state index in [0.717, 1.165) is 18.2 Å². The van der Waals surface area contributed by atoms with Crippen LogP contribution < -0.4 is 4.74 Å².